The van der Waals surface area contributed by atoms with E-state index in [1.165, 1.54) is 32.7 Å². The minimum atomic E-state index is -0.948. The Morgan fingerprint density at radius 3 is 2.55 bits per heavy atom. The number of aryl methyl sites for hydroxylation is 1. The molecule has 2 aromatic rings. The predicted octanol–water partition coefficient (Wildman–Crippen LogP) is 2.74. The quantitative estimate of drug-likeness (QED) is 0.365. The fourth-order valence-corrected chi connectivity index (χ4v) is 9.82. The number of rotatable bonds is 3. The fraction of sp³-hybridized carbons (Fsp3) is 0.515. The van der Waals surface area contributed by atoms with Gasteiger partial charge in [0.15, 0.2) is 23.0 Å². The molecule has 14 heteroatoms. The lowest BCUT2D eigenvalue weighted by atomic mass is 9.71. The maximum absolute atomic E-state index is 13.4. The van der Waals surface area contributed by atoms with Crippen molar-refractivity contribution in [2.75, 3.05) is 33.3 Å². The van der Waals surface area contributed by atoms with Crippen LogP contribution in [0.25, 0.3) is 0 Å². The highest BCUT2D eigenvalue weighted by Crippen LogP contribution is 2.64. The number of ether oxygens (including phenoxy) is 5. The second-order valence-corrected chi connectivity index (χ2v) is 13.8. The number of nitrogens with one attached hydrogen (secondary N) is 1. The second kappa shape index (κ2) is 11.5. The molecule has 7 atom stereocenters. The average Bonchev–Trinajstić information content (AvgIpc) is 3.50. The zero-order valence-electron chi connectivity index (χ0n) is 26.9. The first-order valence-electron chi connectivity index (χ1n) is 15.5. The van der Waals surface area contributed by atoms with Gasteiger partial charge in [-0.3, -0.25) is 19.4 Å². The highest BCUT2D eigenvalue weighted by atomic mass is 32.2. The van der Waals surface area contributed by atoms with Gasteiger partial charge in [0.1, 0.15) is 24.4 Å². The number of piperazine rings is 1. The number of carbonyl (C=O) groups excluding carboxylic acids is 3. The molecule has 2 saturated heterocycles. The van der Waals surface area contributed by atoms with E-state index in [-0.39, 0.29) is 36.9 Å². The average molecular weight is 665 g/mol. The van der Waals surface area contributed by atoms with Crippen LogP contribution in [0.3, 0.4) is 0 Å². The number of thioether (sulfide) groups is 1. The van der Waals surface area contributed by atoms with Gasteiger partial charge in [-0.05, 0) is 38.4 Å². The summed E-state index contributed by atoms with van der Waals surface area (Å²) < 4.78 is 29.6. The van der Waals surface area contributed by atoms with Crippen LogP contribution in [-0.4, -0.2) is 90.2 Å². The number of fused-ring (bicyclic) bond motifs is 9. The summed E-state index contributed by atoms with van der Waals surface area (Å²) in [6.07, 6.45) is 0.494. The van der Waals surface area contributed by atoms with Crippen LogP contribution in [0.15, 0.2) is 6.07 Å². The number of hydrogen-bond acceptors (Lipinski definition) is 13. The monoisotopic (exact) mass is 664 g/mol. The van der Waals surface area contributed by atoms with Crippen LogP contribution in [0.1, 0.15) is 64.6 Å². The summed E-state index contributed by atoms with van der Waals surface area (Å²) in [5.41, 5.74) is 4.30. The molecule has 5 aliphatic rings. The van der Waals surface area contributed by atoms with E-state index in [0.717, 1.165) is 11.1 Å². The molecule has 1 amide bonds. The lowest BCUT2D eigenvalue weighted by Crippen LogP contribution is -2.69. The van der Waals surface area contributed by atoms with Crippen molar-refractivity contribution in [3.05, 3.63) is 39.4 Å². The van der Waals surface area contributed by atoms with Gasteiger partial charge in [-0.15, -0.1) is 11.8 Å². The molecule has 3 unspecified atom stereocenters. The van der Waals surface area contributed by atoms with Gasteiger partial charge in [-0.25, -0.2) is 4.79 Å². The third-order valence-electron chi connectivity index (χ3n) is 10.0. The van der Waals surface area contributed by atoms with E-state index in [9.17, 15) is 24.8 Å². The third kappa shape index (κ3) is 4.62. The van der Waals surface area contributed by atoms with Gasteiger partial charge in [-0.1, -0.05) is 6.07 Å². The topological polar surface area (TPSA) is 160 Å². The maximum Gasteiger partial charge on any atom is 0.329 e. The van der Waals surface area contributed by atoms with Crippen molar-refractivity contribution >= 4 is 29.6 Å². The molecule has 5 heterocycles. The molecule has 4 bridgehead atoms. The molecule has 0 radical (unpaired) electrons. The van der Waals surface area contributed by atoms with Crippen LogP contribution in [-0.2, 0) is 25.5 Å². The first-order chi connectivity index (χ1) is 22.5. The Balaban J connectivity index is 1.54. The zero-order valence-corrected chi connectivity index (χ0v) is 27.7. The van der Waals surface area contributed by atoms with Crippen LogP contribution in [0, 0.1) is 25.2 Å². The molecule has 0 saturated carbocycles. The highest BCUT2D eigenvalue weighted by Gasteiger charge is 2.60. The summed E-state index contributed by atoms with van der Waals surface area (Å²) in [5, 5.41) is 24.9. The third-order valence-corrected chi connectivity index (χ3v) is 11.4. The van der Waals surface area contributed by atoms with E-state index in [0.29, 0.717) is 51.7 Å². The Labute approximate surface area is 276 Å². The number of nitrogens with zero attached hydrogens (tertiary/aromatic N) is 3. The summed E-state index contributed by atoms with van der Waals surface area (Å²) in [4.78, 5) is 42.5. The van der Waals surface area contributed by atoms with Crippen LogP contribution in [0.4, 0.5) is 0 Å². The van der Waals surface area contributed by atoms with Gasteiger partial charge >= 0.3 is 11.9 Å². The number of aromatic hydroxyl groups is 1. The number of hydrogen-bond donors (Lipinski definition) is 2. The molecule has 2 N–H and O–H groups in total. The Morgan fingerprint density at radius 2 is 1.87 bits per heavy atom. The van der Waals surface area contributed by atoms with Crippen molar-refractivity contribution in [1.29, 1.82) is 5.26 Å². The summed E-state index contributed by atoms with van der Waals surface area (Å²) in [5.74, 6) is 0.248. The van der Waals surface area contributed by atoms with E-state index in [4.69, 9.17) is 23.7 Å². The van der Waals surface area contributed by atoms with Crippen molar-refractivity contribution in [1.82, 2.24) is 15.1 Å². The summed E-state index contributed by atoms with van der Waals surface area (Å²) in [6, 6.07) is 1.02. The largest absolute Gasteiger partial charge is 0.504 e. The number of methoxy groups -OCH3 is 1. The predicted molar refractivity (Wildman–Crippen MR) is 168 cm³/mol. The van der Waals surface area contributed by atoms with Gasteiger partial charge in [0.05, 0.1) is 30.5 Å². The van der Waals surface area contributed by atoms with Crippen LogP contribution >= 0.6 is 11.8 Å². The molecule has 248 valence electrons. The number of nitriles is 1. The Kier molecular flexibility index (Phi) is 7.69. The van der Waals surface area contributed by atoms with E-state index >= 15 is 0 Å². The number of carbonyl (C=O) groups is 3. The second-order valence-electron chi connectivity index (χ2n) is 12.6. The number of likely N-dealkylation sites (N-methyl/N-ethyl adjacent to an activating group) is 1. The number of phenolic OH excluding ortho intramolecular Hbond substituents is 1. The first kappa shape index (κ1) is 31.4. The molecule has 13 nitrogen and oxygen atoms in total. The smallest absolute Gasteiger partial charge is 0.329 e. The highest BCUT2D eigenvalue weighted by molar-refractivity contribution is 7.99. The van der Waals surface area contributed by atoms with Gasteiger partial charge in [0.25, 0.3) is 0 Å². The lowest BCUT2D eigenvalue weighted by Gasteiger charge is -2.61. The van der Waals surface area contributed by atoms with Crippen molar-refractivity contribution in [2.45, 2.75) is 75.6 Å². The van der Waals surface area contributed by atoms with Crippen LogP contribution in [0.5, 0.6) is 28.7 Å². The molecule has 2 fully saturated rings. The number of amides is 1. The van der Waals surface area contributed by atoms with Crippen LogP contribution in [0.2, 0.25) is 0 Å². The first-order valence-corrected chi connectivity index (χ1v) is 16.5. The van der Waals surface area contributed by atoms with Gasteiger partial charge in [-0.2, -0.15) is 5.26 Å². The Morgan fingerprint density at radius 1 is 1.13 bits per heavy atom. The van der Waals surface area contributed by atoms with Gasteiger partial charge in [0.2, 0.25) is 12.7 Å². The number of benzene rings is 2. The van der Waals surface area contributed by atoms with Gasteiger partial charge < -0.3 is 34.1 Å². The minimum absolute atomic E-state index is 0.0379. The van der Waals surface area contributed by atoms with Crippen molar-refractivity contribution < 1.29 is 43.2 Å². The van der Waals surface area contributed by atoms with E-state index in [1.807, 2.05) is 20.0 Å². The number of esters is 2. The van der Waals surface area contributed by atoms with Crippen LogP contribution < -0.4 is 24.3 Å². The van der Waals surface area contributed by atoms with Crippen molar-refractivity contribution in [2.24, 2.45) is 0 Å². The molecule has 7 rings (SSSR count). The Hall–Kier alpha value is -4.19. The molecule has 0 spiro atoms. The SMILES string of the molecule is COc1c(C)cc2c(c1O)C1[C@@H]3[C@@H]4SCC(NC(C)=O)C(=O)OC[C@@H](c5c6c(c(C)c(OC(C)=O)c54)OCO6)N3[C@@H](C#N)C(C2)N1C. The van der Waals surface area contributed by atoms with Crippen molar-refractivity contribution in [3.8, 4) is 34.8 Å². The molecular formula is C33H36N4O9S. The van der Waals surface area contributed by atoms with Crippen molar-refractivity contribution in [3.63, 3.8) is 0 Å². The summed E-state index contributed by atoms with van der Waals surface area (Å²) in [7, 11) is 3.48. The van der Waals surface area contributed by atoms with Gasteiger partial charge in [0, 0.05) is 53.9 Å². The number of cyclic esters (lactones) is 1. The fourth-order valence-electron chi connectivity index (χ4n) is 8.31. The standard InChI is InChI=1S/C33H36N4O9S/c1-13-7-17-8-19-20(9-34)37-21-10-43-33(41)18(35-15(3)38)11-47-32(26(37)25(36(19)5)22(17)27(40)28(13)42-6)24-23(21)31-30(44-12-45-31)14(2)29(24)46-16(4)39/h7,18-21,25-26,32,40H,8,10-12H2,1-6H3,(H,35,38)/t18?,19?,20-,21-,25?,26+,32+/m0/s1. The molecular weight excluding hydrogens is 628 g/mol. The summed E-state index contributed by atoms with van der Waals surface area (Å²) >= 11 is 1.39. The normalized spacial score (nSPS) is 29.0. The number of phenols is 1. The maximum atomic E-state index is 13.4. The minimum Gasteiger partial charge on any atom is -0.504 e. The lowest BCUT2D eigenvalue weighted by molar-refractivity contribution is -0.152. The molecule has 47 heavy (non-hydrogen) atoms. The van der Waals surface area contributed by atoms with E-state index in [1.54, 1.807) is 6.92 Å². The van der Waals surface area contributed by atoms with E-state index in [2.05, 4.69) is 21.2 Å². The molecule has 0 aromatic heterocycles. The summed E-state index contributed by atoms with van der Waals surface area (Å²) in [6.45, 7) is 6.13. The molecule has 0 aliphatic carbocycles. The Bertz CT molecular complexity index is 1760. The zero-order chi connectivity index (χ0) is 33.5. The molecule has 5 aliphatic heterocycles. The molecule has 2 aromatic carbocycles. The van der Waals surface area contributed by atoms with E-state index < -0.39 is 47.4 Å².